The van der Waals surface area contributed by atoms with Gasteiger partial charge in [0, 0.05) is 18.9 Å². The van der Waals surface area contributed by atoms with Crippen LogP contribution in [0.2, 0.25) is 0 Å². The molecule has 1 saturated carbocycles. The molecular weight excluding hydrogens is 216 g/mol. The zero-order valence-electron chi connectivity index (χ0n) is 10.6. The van der Waals surface area contributed by atoms with Gasteiger partial charge in [0.05, 0.1) is 0 Å². The van der Waals surface area contributed by atoms with E-state index in [4.69, 9.17) is 10.6 Å². The number of hydrogen-bond acceptors (Lipinski definition) is 5. The number of anilines is 1. The Hall–Kier alpha value is -1.20. The van der Waals surface area contributed by atoms with Gasteiger partial charge in [0.2, 0.25) is 0 Å². The molecule has 1 unspecified atom stereocenters. The largest absolute Gasteiger partial charge is 0.373 e. The summed E-state index contributed by atoms with van der Waals surface area (Å²) in [4.78, 5) is 8.98. The van der Waals surface area contributed by atoms with Crippen LogP contribution in [0.3, 0.4) is 0 Å². The van der Waals surface area contributed by atoms with Crippen molar-refractivity contribution in [2.75, 3.05) is 12.5 Å². The molecule has 1 aromatic heterocycles. The standard InChI is InChI=1S/C12H20N4O/c1-7(2)9-6-10(16-13)15-12(14-9)11(17-3)8-4-5-8/h6-8,11H,4-5,13H2,1-3H3,(H,14,15,16). The van der Waals surface area contributed by atoms with E-state index in [-0.39, 0.29) is 6.10 Å². The first-order valence-electron chi connectivity index (χ1n) is 6.04. The minimum absolute atomic E-state index is 0.000741. The van der Waals surface area contributed by atoms with E-state index >= 15 is 0 Å². The van der Waals surface area contributed by atoms with E-state index in [0.717, 1.165) is 11.5 Å². The second kappa shape index (κ2) is 4.98. The fraction of sp³-hybridized carbons (Fsp3) is 0.667. The van der Waals surface area contributed by atoms with Gasteiger partial charge in [-0.3, -0.25) is 0 Å². The molecule has 1 aliphatic rings. The zero-order chi connectivity index (χ0) is 12.4. The molecule has 94 valence electrons. The summed E-state index contributed by atoms with van der Waals surface area (Å²) in [5.74, 6) is 7.75. The van der Waals surface area contributed by atoms with Crippen molar-refractivity contribution in [2.24, 2.45) is 11.8 Å². The van der Waals surface area contributed by atoms with Gasteiger partial charge in [-0.25, -0.2) is 15.8 Å². The van der Waals surface area contributed by atoms with Gasteiger partial charge in [0.25, 0.3) is 0 Å². The van der Waals surface area contributed by atoms with E-state index in [2.05, 4.69) is 29.2 Å². The summed E-state index contributed by atoms with van der Waals surface area (Å²) in [6.45, 7) is 4.21. The Balaban J connectivity index is 2.34. The van der Waals surface area contributed by atoms with Gasteiger partial charge < -0.3 is 10.2 Å². The molecule has 0 saturated heterocycles. The van der Waals surface area contributed by atoms with Crippen molar-refractivity contribution in [1.29, 1.82) is 0 Å². The minimum Gasteiger partial charge on any atom is -0.373 e. The van der Waals surface area contributed by atoms with Crippen molar-refractivity contribution in [1.82, 2.24) is 9.97 Å². The first-order chi connectivity index (χ1) is 8.15. The average molecular weight is 236 g/mol. The maximum absolute atomic E-state index is 5.50. The Bertz CT molecular complexity index is 390. The maximum Gasteiger partial charge on any atom is 0.160 e. The van der Waals surface area contributed by atoms with Gasteiger partial charge in [-0.1, -0.05) is 13.8 Å². The molecule has 5 nitrogen and oxygen atoms in total. The molecule has 0 amide bonds. The van der Waals surface area contributed by atoms with Gasteiger partial charge in [-0.15, -0.1) is 0 Å². The highest BCUT2D eigenvalue weighted by Crippen LogP contribution is 2.42. The minimum atomic E-state index is 0.000741. The summed E-state index contributed by atoms with van der Waals surface area (Å²) in [6, 6.07) is 1.88. The second-order valence-electron chi connectivity index (χ2n) is 4.83. The van der Waals surface area contributed by atoms with Crippen molar-refractivity contribution in [2.45, 2.75) is 38.7 Å². The number of hydrazine groups is 1. The summed E-state index contributed by atoms with van der Waals surface area (Å²) < 4.78 is 5.50. The van der Waals surface area contributed by atoms with Crippen LogP contribution in [0.4, 0.5) is 5.82 Å². The van der Waals surface area contributed by atoms with Gasteiger partial charge in [0.1, 0.15) is 11.9 Å². The molecule has 1 aliphatic carbocycles. The number of nitrogen functional groups attached to an aromatic ring is 1. The number of rotatable bonds is 5. The molecule has 1 aromatic rings. The molecule has 1 heterocycles. The van der Waals surface area contributed by atoms with Crippen molar-refractivity contribution in [3.63, 3.8) is 0 Å². The van der Waals surface area contributed by atoms with Gasteiger partial charge in [0.15, 0.2) is 5.82 Å². The fourth-order valence-electron chi connectivity index (χ4n) is 1.89. The topological polar surface area (TPSA) is 73.1 Å². The summed E-state index contributed by atoms with van der Waals surface area (Å²) in [5.41, 5.74) is 3.59. The van der Waals surface area contributed by atoms with Crippen LogP contribution in [0, 0.1) is 5.92 Å². The second-order valence-corrected chi connectivity index (χ2v) is 4.83. The quantitative estimate of drug-likeness (QED) is 0.604. The highest BCUT2D eigenvalue weighted by molar-refractivity contribution is 5.35. The molecule has 0 spiro atoms. The van der Waals surface area contributed by atoms with Crippen molar-refractivity contribution < 1.29 is 4.74 Å². The van der Waals surface area contributed by atoms with Crippen molar-refractivity contribution in [3.8, 4) is 0 Å². The first-order valence-corrected chi connectivity index (χ1v) is 6.04. The van der Waals surface area contributed by atoms with Crippen LogP contribution in [0.15, 0.2) is 6.07 Å². The maximum atomic E-state index is 5.50. The molecule has 1 fully saturated rings. The first kappa shape index (κ1) is 12.3. The molecule has 1 atom stereocenters. The normalized spacial score (nSPS) is 17.2. The van der Waals surface area contributed by atoms with E-state index < -0.39 is 0 Å². The summed E-state index contributed by atoms with van der Waals surface area (Å²) in [6.07, 6.45) is 2.39. The molecule has 0 radical (unpaired) electrons. The third kappa shape index (κ3) is 2.73. The number of ether oxygens (including phenoxy) is 1. The van der Waals surface area contributed by atoms with Gasteiger partial charge >= 0.3 is 0 Å². The number of aromatic nitrogens is 2. The molecule has 17 heavy (non-hydrogen) atoms. The molecule has 0 aliphatic heterocycles. The van der Waals surface area contributed by atoms with E-state index in [1.54, 1.807) is 7.11 Å². The highest BCUT2D eigenvalue weighted by Gasteiger charge is 2.34. The van der Waals surface area contributed by atoms with Crippen LogP contribution in [-0.4, -0.2) is 17.1 Å². The smallest absolute Gasteiger partial charge is 0.160 e. The molecular formula is C12H20N4O. The molecule has 0 aromatic carbocycles. The summed E-state index contributed by atoms with van der Waals surface area (Å²) in [7, 11) is 1.71. The Kier molecular flexibility index (Phi) is 3.59. The Morgan fingerprint density at radius 2 is 2.12 bits per heavy atom. The van der Waals surface area contributed by atoms with Crippen LogP contribution in [0.1, 0.15) is 50.2 Å². The number of methoxy groups -OCH3 is 1. The number of nitrogens with two attached hydrogens (primary N) is 1. The molecule has 0 bridgehead atoms. The Morgan fingerprint density at radius 1 is 1.41 bits per heavy atom. The Labute approximate surface area is 102 Å². The van der Waals surface area contributed by atoms with E-state index in [1.165, 1.54) is 12.8 Å². The lowest BCUT2D eigenvalue weighted by molar-refractivity contribution is 0.0771. The van der Waals surface area contributed by atoms with Crippen LogP contribution >= 0.6 is 0 Å². The monoisotopic (exact) mass is 236 g/mol. The SMILES string of the molecule is COC(c1nc(NN)cc(C(C)C)n1)C1CC1. The van der Waals surface area contributed by atoms with Crippen LogP contribution in [0.25, 0.3) is 0 Å². The van der Waals surface area contributed by atoms with E-state index in [0.29, 0.717) is 17.7 Å². The third-order valence-electron chi connectivity index (χ3n) is 3.06. The van der Waals surface area contributed by atoms with Crippen LogP contribution in [-0.2, 0) is 4.74 Å². The van der Waals surface area contributed by atoms with Crippen molar-refractivity contribution in [3.05, 3.63) is 17.6 Å². The average Bonchev–Trinajstić information content (AvgIpc) is 3.14. The van der Waals surface area contributed by atoms with Gasteiger partial charge in [-0.05, 0) is 24.7 Å². The number of hydrogen-bond donors (Lipinski definition) is 2. The highest BCUT2D eigenvalue weighted by atomic mass is 16.5. The van der Waals surface area contributed by atoms with Crippen LogP contribution < -0.4 is 11.3 Å². The summed E-state index contributed by atoms with van der Waals surface area (Å²) in [5, 5.41) is 0. The lowest BCUT2D eigenvalue weighted by Gasteiger charge is -2.16. The Morgan fingerprint density at radius 3 is 2.59 bits per heavy atom. The van der Waals surface area contributed by atoms with E-state index in [1.807, 2.05) is 6.07 Å². The zero-order valence-corrected chi connectivity index (χ0v) is 10.6. The molecule has 5 heteroatoms. The predicted molar refractivity (Wildman–Crippen MR) is 66.4 cm³/mol. The number of nitrogens with zero attached hydrogens (tertiary/aromatic N) is 2. The third-order valence-corrected chi connectivity index (χ3v) is 3.06. The van der Waals surface area contributed by atoms with Crippen molar-refractivity contribution >= 4 is 5.82 Å². The lowest BCUT2D eigenvalue weighted by Crippen LogP contribution is -2.15. The summed E-state index contributed by atoms with van der Waals surface area (Å²) >= 11 is 0. The molecule has 2 rings (SSSR count). The molecule has 3 N–H and O–H groups in total. The predicted octanol–water partition coefficient (Wildman–Crippen LogP) is 1.98. The van der Waals surface area contributed by atoms with Gasteiger partial charge in [-0.2, -0.15) is 0 Å². The lowest BCUT2D eigenvalue weighted by atomic mass is 10.1. The van der Waals surface area contributed by atoms with Crippen LogP contribution in [0.5, 0.6) is 0 Å². The number of nitrogens with one attached hydrogen (secondary N) is 1. The van der Waals surface area contributed by atoms with E-state index in [9.17, 15) is 0 Å². The fourth-order valence-corrected chi connectivity index (χ4v) is 1.89.